The van der Waals surface area contributed by atoms with Gasteiger partial charge in [0.25, 0.3) is 0 Å². The summed E-state index contributed by atoms with van der Waals surface area (Å²) in [6.45, 7) is 2.03. The first-order valence-electron chi connectivity index (χ1n) is 5.73. The monoisotopic (exact) mass is 274 g/mol. The lowest BCUT2D eigenvalue weighted by molar-refractivity contribution is 0.0693. The van der Waals surface area contributed by atoms with Crippen LogP contribution >= 0.6 is 11.8 Å². The van der Waals surface area contributed by atoms with Crippen LogP contribution in [0.2, 0.25) is 0 Å². The van der Waals surface area contributed by atoms with Gasteiger partial charge in [0, 0.05) is 16.8 Å². The Kier molecular flexibility index (Phi) is 4.06. The topological polar surface area (TPSA) is 76.2 Å². The molecule has 98 valence electrons. The third-order valence-corrected chi connectivity index (χ3v) is 3.71. The number of benzene rings is 1. The van der Waals surface area contributed by atoms with Crippen molar-refractivity contribution in [3.8, 4) is 0 Å². The van der Waals surface area contributed by atoms with E-state index in [0.717, 1.165) is 5.56 Å². The maximum Gasteiger partial charge on any atom is 0.337 e. The summed E-state index contributed by atoms with van der Waals surface area (Å²) in [7, 11) is 0. The fourth-order valence-corrected chi connectivity index (χ4v) is 2.63. The number of carbonyl (C=O) groups is 1. The molecule has 2 rings (SSSR count). The highest BCUT2D eigenvalue weighted by atomic mass is 32.2. The maximum absolute atomic E-state index is 11.1. The Labute approximate surface area is 115 Å². The Balaban J connectivity index is 2.17. The number of aromatic carboxylic acids is 1. The van der Waals surface area contributed by atoms with E-state index in [9.17, 15) is 4.79 Å². The molecule has 0 unspecified atom stereocenters. The lowest BCUT2D eigenvalue weighted by Crippen LogP contribution is -2.02. The summed E-state index contributed by atoms with van der Waals surface area (Å²) in [5.41, 5.74) is 8.05. The third-order valence-electron chi connectivity index (χ3n) is 2.60. The van der Waals surface area contributed by atoms with Crippen LogP contribution < -0.4 is 5.73 Å². The average Bonchev–Trinajstić information content (AvgIpc) is 2.37. The summed E-state index contributed by atoms with van der Waals surface area (Å²) in [5, 5.41) is 9.13. The van der Waals surface area contributed by atoms with Gasteiger partial charge in [-0.15, -0.1) is 11.8 Å². The van der Waals surface area contributed by atoms with Crippen LogP contribution in [0.15, 0.2) is 41.4 Å². The highest BCUT2D eigenvalue weighted by molar-refractivity contribution is 7.98. The molecule has 5 heteroatoms. The van der Waals surface area contributed by atoms with Gasteiger partial charge in [-0.05, 0) is 18.6 Å². The Bertz CT molecular complexity index is 614. The van der Waals surface area contributed by atoms with Crippen molar-refractivity contribution in [1.29, 1.82) is 0 Å². The number of nitrogen functional groups attached to an aromatic ring is 1. The Morgan fingerprint density at radius 3 is 2.89 bits per heavy atom. The minimum absolute atomic E-state index is 0.199. The number of nitrogens with two attached hydrogens (primary N) is 1. The molecule has 1 aromatic carbocycles. The molecule has 0 saturated heterocycles. The minimum Gasteiger partial charge on any atom is -0.478 e. The molecule has 0 amide bonds. The molecular formula is C14H14N2O2S. The van der Waals surface area contributed by atoms with Crippen LogP contribution in [0.4, 0.5) is 5.82 Å². The molecule has 0 fully saturated rings. The lowest BCUT2D eigenvalue weighted by Gasteiger charge is -2.06. The van der Waals surface area contributed by atoms with Gasteiger partial charge in [0.1, 0.15) is 5.82 Å². The van der Waals surface area contributed by atoms with Crippen molar-refractivity contribution in [2.24, 2.45) is 0 Å². The van der Waals surface area contributed by atoms with Crippen molar-refractivity contribution < 1.29 is 9.90 Å². The number of aryl methyl sites for hydroxylation is 1. The maximum atomic E-state index is 11.1. The summed E-state index contributed by atoms with van der Waals surface area (Å²) in [6.07, 6.45) is 1.51. The highest BCUT2D eigenvalue weighted by Crippen LogP contribution is 2.27. The van der Waals surface area contributed by atoms with Crippen LogP contribution in [0, 0.1) is 6.92 Å². The van der Waals surface area contributed by atoms with Gasteiger partial charge < -0.3 is 10.8 Å². The predicted molar refractivity (Wildman–Crippen MR) is 76.3 cm³/mol. The standard InChI is InChI=1S/C14H14N2O2S/c1-9-3-2-4-10(5-9)8-19-12-7-16-13(15)6-11(12)14(17)18/h2-7H,8H2,1H3,(H2,15,16)(H,17,18). The molecule has 0 aliphatic heterocycles. The quantitative estimate of drug-likeness (QED) is 0.838. The van der Waals surface area contributed by atoms with Gasteiger partial charge >= 0.3 is 5.97 Å². The second-order valence-electron chi connectivity index (χ2n) is 4.19. The highest BCUT2D eigenvalue weighted by Gasteiger charge is 2.11. The van der Waals surface area contributed by atoms with E-state index < -0.39 is 5.97 Å². The van der Waals surface area contributed by atoms with Crippen molar-refractivity contribution >= 4 is 23.5 Å². The molecule has 3 N–H and O–H groups in total. The van der Waals surface area contributed by atoms with Crippen molar-refractivity contribution in [1.82, 2.24) is 4.98 Å². The molecule has 4 nitrogen and oxygen atoms in total. The second-order valence-corrected chi connectivity index (χ2v) is 5.21. The zero-order valence-corrected chi connectivity index (χ0v) is 11.3. The number of aromatic nitrogens is 1. The summed E-state index contributed by atoms with van der Waals surface area (Å²) in [6, 6.07) is 9.51. The average molecular weight is 274 g/mol. The molecule has 1 aromatic heterocycles. The van der Waals surface area contributed by atoms with Gasteiger partial charge in [-0.3, -0.25) is 0 Å². The molecular weight excluding hydrogens is 260 g/mol. The number of hydrogen-bond acceptors (Lipinski definition) is 4. The minimum atomic E-state index is -0.985. The van der Waals surface area contributed by atoms with Crippen LogP contribution in [-0.2, 0) is 5.75 Å². The summed E-state index contributed by atoms with van der Waals surface area (Å²) < 4.78 is 0. The first kappa shape index (κ1) is 13.4. The molecule has 0 aliphatic rings. The second kappa shape index (κ2) is 5.75. The smallest absolute Gasteiger partial charge is 0.337 e. The normalized spacial score (nSPS) is 10.4. The zero-order chi connectivity index (χ0) is 13.8. The number of carboxylic acid groups (broad SMARTS) is 1. The van der Waals surface area contributed by atoms with Crippen LogP contribution in [0.1, 0.15) is 21.5 Å². The molecule has 0 atom stereocenters. The molecule has 0 saturated carbocycles. The fourth-order valence-electron chi connectivity index (χ4n) is 1.70. The van der Waals surface area contributed by atoms with Crippen LogP contribution in [-0.4, -0.2) is 16.1 Å². The fraction of sp³-hybridized carbons (Fsp3) is 0.143. The van der Waals surface area contributed by atoms with Crippen LogP contribution in [0.25, 0.3) is 0 Å². The van der Waals surface area contributed by atoms with Crippen LogP contribution in [0.3, 0.4) is 0 Å². The zero-order valence-electron chi connectivity index (χ0n) is 10.5. The summed E-state index contributed by atoms with van der Waals surface area (Å²) in [4.78, 5) is 15.7. The van der Waals surface area contributed by atoms with E-state index in [1.807, 2.05) is 25.1 Å². The SMILES string of the molecule is Cc1cccc(CSc2cnc(N)cc2C(=O)O)c1. The predicted octanol–water partition coefficient (Wildman–Crippen LogP) is 2.96. The van der Waals surface area contributed by atoms with Gasteiger partial charge in [0.05, 0.1) is 5.56 Å². The molecule has 1 heterocycles. The molecule has 0 aliphatic carbocycles. The lowest BCUT2D eigenvalue weighted by atomic mass is 10.2. The first-order chi connectivity index (χ1) is 9.06. The van der Waals surface area contributed by atoms with E-state index in [-0.39, 0.29) is 11.4 Å². The van der Waals surface area contributed by atoms with Crippen molar-refractivity contribution in [3.63, 3.8) is 0 Å². The van der Waals surface area contributed by atoms with Crippen LogP contribution in [0.5, 0.6) is 0 Å². The summed E-state index contributed by atoms with van der Waals surface area (Å²) in [5.74, 6) is -0.0637. The van der Waals surface area contributed by atoms with Gasteiger partial charge in [0.2, 0.25) is 0 Å². The largest absolute Gasteiger partial charge is 0.478 e. The van der Waals surface area contributed by atoms with E-state index in [1.165, 1.54) is 29.6 Å². The van der Waals surface area contributed by atoms with E-state index in [4.69, 9.17) is 10.8 Å². The molecule has 2 aromatic rings. The first-order valence-corrected chi connectivity index (χ1v) is 6.72. The van der Waals surface area contributed by atoms with E-state index >= 15 is 0 Å². The Morgan fingerprint density at radius 2 is 2.21 bits per heavy atom. The molecule has 19 heavy (non-hydrogen) atoms. The van der Waals surface area contributed by atoms with E-state index in [2.05, 4.69) is 11.1 Å². The van der Waals surface area contributed by atoms with E-state index in [0.29, 0.717) is 10.6 Å². The number of nitrogens with zero attached hydrogens (tertiary/aromatic N) is 1. The van der Waals surface area contributed by atoms with Crippen molar-refractivity contribution in [2.45, 2.75) is 17.6 Å². The number of thioether (sulfide) groups is 1. The molecule has 0 spiro atoms. The van der Waals surface area contributed by atoms with Gasteiger partial charge in [-0.1, -0.05) is 29.8 Å². The number of carboxylic acids is 1. The van der Waals surface area contributed by atoms with Gasteiger partial charge in [0.15, 0.2) is 0 Å². The van der Waals surface area contributed by atoms with Gasteiger partial charge in [-0.2, -0.15) is 0 Å². The number of anilines is 1. The van der Waals surface area contributed by atoms with Crippen molar-refractivity contribution in [3.05, 3.63) is 53.2 Å². The number of pyridine rings is 1. The van der Waals surface area contributed by atoms with Gasteiger partial charge in [-0.25, -0.2) is 9.78 Å². The molecule has 0 bridgehead atoms. The number of rotatable bonds is 4. The van der Waals surface area contributed by atoms with E-state index in [1.54, 1.807) is 0 Å². The van der Waals surface area contributed by atoms with Crippen molar-refractivity contribution in [2.75, 3.05) is 5.73 Å². The third kappa shape index (κ3) is 3.48. The number of hydrogen-bond donors (Lipinski definition) is 2. The Morgan fingerprint density at radius 1 is 1.42 bits per heavy atom. The Hall–Kier alpha value is -2.01. The summed E-state index contributed by atoms with van der Waals surface area (Å²) >= 11 is 1.45. The molecule has 0 radical (unpaired) electrons.